The van der Waals surface area contributed by atoms with Gasteiger partial charge in [-0.2, -0.15) is 9.78 Å². The van der Waals surface area contributed by atoms with Crippen molar-refractivity contribution >= 4 is 40.2 Å². The molecular formula is C28H28Cl2F3N9O. The molecule has 2 saturated heterocycles. The van der Waals surface area contributed by atoms with E-state index >= 15 is 0 Å². The van der Waals surface area contributed by atoms with Crippen LogP contribution in [0, 0.1) is 23.7 Å². The van der Waals surface area contributed by atoms with Gasteiger partial charge >= 0.3 is 6.30 Å². The third-order valence-electron chi connectivity index (χ3n) is 8.07. The minimum Gasteiger partial charge on any atom is -0.395 e. The summed E-state index contributed by atoms with van der Waals surface area (Å²) in [5.41, 5.74) is 1.83. The molecule has 2 aliphatic rings. The lowest BCUT2D eigenvalue weighted by atomic mass is 9.80. The number of aliphatic hydroxyl groups is 1. The lowest BCUT2D eigenvalue weighted by molar-refractivity contribution is -0.212. The highest BCUT2D eigenvalue weighted by molar-refractivity contribution is 6.35. The average Bonchev–Trinajstić information content (AvgIpc) is 3.56. The molecule has 1 aromatic carbocycles. The number of rotatable bonds is 6. The van der Waals surface area contributed by atoms with Crippen molar-refractivity contribution in [2.75, 3.05) is 44.2 Å². The van der Waals surface area contributed by atoms with Gasteiger partial charge < -0.3 is 14.9 Å². The van der Waals surface area contributed by atoms with Gasteiger partial charge in [-0.1, -0.05) is 29.3 Å². The van der Waals surface area contributed by atoms with Crippen LogP contribution in [0.3, 0.4) is 0 Å². The number of nitrogens with zero attached hydrogens (tertiary/aromatic N) is 9. The summed E-state index contributed by atoms with van der Waals surface area (Å²) in [7, 11) is 0. The van der Waals surface area contributed by atoms with Gasteiger partial charge in [0, 0.05) is 36.2 Å². The first-order valence-corrected chi connectivity index (χ1v) is 14.7. The van der Waals surface area contributed by atoms with Crippen LogP contribution in [0.25, 0.3) is 11.2 Å². The van der Waals surface area contributed by atoms with Gasteiger partial charge in [-0.05, 0) is 67.7 Å². The van der Waals surface area contributed by atoms with Crippen LogP contribution >= 0.6 is 23.2 Å². The molecule has 1 N–H and O–H groups in total. The number of fused-ring (bicyclic) bond motifs is 1. The molecule has 2 atom stereocenters. The Balaban J connectivity index is 1.31. The van der Waals surface area contributed by atoms with Crippen LogP contribution in [0.1, 0.15) is 42.9 Å². The number of likely N-dealkylation sites (tertiary alicyclic amines) is 1. The number of alkyl halides is 3. The van der Waals surface area contributed by atoms with Gasteiger partial charge in [-0.15, -0.1) is 18.3 Å². The molecule has 0 aliphatic carbocycles. The molecule has 0 spiro atoms. The maximum atomic E-state index is 12.9. The second-order valence-corrected chi connectivity index (χ2v) is 11.7. The Kier molecular flexibility index (Phi) is 8.21. The molecule has 0 amide bonds. The van der Waals surface area contributed by atoms with E-state index < -0.39 is 6.30 Å². The topological polar surface area (TPSA) is 101 Å². The normalized spacial score (nSPS) is 18.9. The predicted octanol–water partition coefficient (Wildman–Crippen LogP) is 4.35. The number of aliphatic hydroxyl groups excluding tert-OH is 1. The third-order valence-corrected chi connectivity index (χ3v) is 8.64. The maximum absolute atomic E-state index is 12.9. The summed E-state index contributed by atoms with van der Waals surface area (Å²) in [6.07, 6.45) is -0.148. The molecule has 2 fully saturated rings. The lowest BCUT2D eigenvalue weighted by Crippen LogP contribution is -2.54. The molecule has 0 radical (unpaired) electrons. The summed E-state index contributed by atoms with van der Waals surface area (Å²) in [6.45, 7) is 6.51. The Labute approximate surface area is 255 Å². The Morgan fingerprint density at radius 3 is 2.63 bits per heavy atom. The van der Waals surface area contributed by atoms with Crippen molar-refractivity contribution in [3.8, 4) is 11.8 Å². The number of halogens is 5. The summed E-state index contributed by atoms with van der Waals surface area (Å²) < 4.78 is 40.3. The highest BCUT2D eigenvalue weighted by Crippen LogP contribution is 2.35. The summed E-state index contributed by atoms with van der Waals surface area (Å²) in [4.78, 5) is 17.7. The number of piperidine rings is 1. The second kappa shape index (κ2) is 11.9. The maximum Gasteiger partial charge on any atom is 0.505 e. The minimum atomic E-state index is -4.69. The average molecular weight is 634 g/mol. The first-order valence-electron chi connectivity index (χ1n) is 13.9. The molecule has 43 heavy (non-hydrogen) atoms. The Morgan fingerprint density at radius 2 is 1.91 bits per heavy atom. The molecular weight excluding hydrogens is 606 g/mol. The summed E-state index contributed by atoms with van der Waals surface area (Å²) in [6, 6.07) is 4.80. The van der Waals surface area contributed by atoms with Gasteiger partial charge in [0.05, 0.1) is 18.8 Å². The fourth-order valence-electron chi connectivity index (χ4n) is 5.75. The summed E-state index contributed by atoms with van der Waals surface area (Å²) >= 11 is 12.6. The standard InChI is InChI=1S/C28H28Cl2F3N9O/c1-17(21-5-4-20(29)11-22(21)30)42-27-26(23(37-42)6-7-24-35-16-41(38-24)28(31,32)33)34-12-25(36-27)40-14-19(15-40)18-3-2-8-39(13-18)9-10-43/h4-5,11-12,16-19,43H,2-3,8-10,13-15H2,1H3/t17-,18+/m1/s1. The van der Waals surface area contributed by atoms with Gasteiger partial charge in [0.2, 0.25) is 5.82 Å². The Morgan fingerprint density at radius 1 is 1.09 bits per heavy atom. The van der Waals surface area contributed by atoms with Crippen molar-refractivity contribution in [2.24, 2.45) is 11.8 Å². The third kappa shape index (κ3) is 6.15. The van der Waals surface area contributed by atoms with Gasteiger partial charge in [0.15, 0.2) is 11.3 Å². The van der Waals surface area contributed by atoms with Crippen molar-refractivity contribution < 1.29 is 18.3 Å². The molecule has 2 aliphatic heterocycles. The fraction of sp³-hybridized carbons (Fsp3) is 0.464. The van der Waals surface area contributed by atoms with Crippen LogP contribution in [-0.4, -0.2) is 83.9 Å². The number of benzene rings is 1. The molecule has 0 saturated carbocycles. The van der Waals surface area contributed by atoms with Crippen molar-refractivity contribution in [2.45, 2.75) is 32.1 Å². The quantitative estimate of drug-likeness (QED) is 0.313. The van der Waals surface area contributed by atoms with Crippen LogP contribution in [-0.2, 0) is 6.30 Å². The van der Waals surface area contributed by atoms with Crippen molar-refractivity contribution in [1.29, 1.82) is 0 Å². The van der Waals surface area contributed by atoms with E-state index in [2.05, 4.69) is 41.8 Å². The predicted molar refractivity (Wildman–Crippen MR) is 155 cm³/mol. The van der Waals surface area contributed by atoms with E-state index in [0.29, 0.717) is 51.7 Å². The zero-order valence-electron chi connectivity index (χ0n) is 23.1. The molecule has 5 heterocycles. The minimum absolute atomic E-state index is 0.173. The zero-order chi connectivity index (χ0) is 30.3. The highest BCUT2D eigenvalue weighted by atomic mass is 35.5. The van der Waals surface area contributed by atoms with Crippen LogP contribution < -0.4 is 4.90 Å². The largest absolute Gasteiger partial charge is 0.505 e. The zero-order valence-corrected chi connectivity index (χ0v) is 24.6. The number of anilines is 1. The van der Waals surface area contributed by atoms with E-state index in [1.54, 1.807) is 23.0 Å². The monoisotopic (exact) mass is 633 g/mol. The first kappa shape index (κ1) is 29.6. The van der Waals surface area contributed by atoms with Crippen LogP contribution in [0.2, 0.25) is 10.0 Å². The van der Waals surface area contributed by atoms with Crippen LogP contribution in [0.15, 0.2) is 30.7 Å². The SMILES string of the molecule is C[C@H](c1ccc(Cl)cc1Cl)n1nc(C#Cc2ncn(C(F)(F)F)n2)c2ncc(N3CC([C@H]4CCCN(CCO)C4)C3)nc21. The number of β-amino-alcohol motifs (C(OH)–C–C–N with tert-alkyl or cyclic N) is 1. The summed E-state index contributed by atoms with van der Waals surface area (Å²) in [5, 5.41) is 18.3. The van der Waals surface area contributed by atoms with E-state index in [0.717, 1.165) is 38.2 Å². The number of aromatic nitrogens is 7. The molecule has 0 unspecified atom stereocenters. The molecule has 4 aromatic rings. The molecule has 10 nitrogen and oxygen atoms in total. The molecule has 3 aromatic heterocycles. The van der Waals surface area contributed by atoms with Crippen molar-refractivity contribution in [3.63, 3.8) is 0 Å². The molecule has 6 rings (SSSR count). The van der Waals surface area contributed by atoms with E-state index in [-0.39, 0.29) is 28.8 Å². The molecule has 15 heteroatoms. The van der Waals surface area contributed by atoms with Crippen LogP contribution in [0.5, 0.6) is 0 Å². The van der Waals surface area contributed by atoms with E-state index in [1.807, 2.05) is 13.0 Å². The summed E-state index contributed by atoms with van der Waals surface area (Å²) in [5.74, 6) is 6.84. The second-order valence-electron chi connectivity index (χ2n) is 10.9. The smallest absolute Gasteiger partial charge is 0.395 e. The van der Waals surface area contributed by atoms with Crippen molar-refractivity contribution in [3.05, 3.63) is 57.9 Å². The van der Waals surface area contributed by atoms with E-state index in [4.69, 9.17) is 28.2 Å². The molecule has 226 valence electrons. The van der Waals surface area contributed by atoms with Gasteiger partial charge in [-0.25, -0.2) is 19.6 Å². The lowest BCUT2D eigenvalue weighted by Gasteiger charge is -2.47. The fourth-order valence-corrected chi connectivity index (χ4v) is 6.32. The highest BCUT2D eigenvalue weighted by Gasteiger charge is 2.37. The van der Waals surface area contributed by atoms with Gasteiger partial charge in [0.1, 0.15) is 17.7 Å². The Bertz CT molecular complexity index is 1690. The first-order chi connectivity index (χ1) is 20.6. The van der Waals surface area contributed by atoms with Crippen LogP contribution in [0.4, 0.5) is 19.0 Å². The van der Waals surface area contributed by atoms with E-state index in [1.165, 1.54) is 6.42 Å². The Hall–Kier alpha value is -3.44. The number of hydrogen-bond acceptors (Lipinski definition) is 8. The molecule has 0 bridgehead atoms. The number of hydrogen-bond donors (Lipinski definition) is 1. The van der Waals surface area contributed by atoms with Gasteiger partial charge in [0.25, 0.3) is 0 Å². The van der Waals surface area contributed by atoms with E-state index in [9.17, 15) is 18.3 Å². The van der Waals surface area contributed by atoms with Gasteiger partial charge in [-0.3, -0.25) is 0 Å². The van der Waals surface area contributed by atoms with Crippen molar-refractivity contribution in [1.82, 2.24) is 39.4 Å².